The molecule has 2 aromatic rings. The molecule has 0 spiro atoms. The molecule has 1 aliphatic heterocycles. The lowest BCUT2D eigenvalue weighted by molar-refractivity contribution is 0.239. The lowest BCUT2D eigenvalue weighted by atomic mass is 9.95. The van der Waals surface area contributed by atoms with Crippen LogP contribution in [0.25, 0.3) is 0 Å². The largest absolute Gasteiger partial charge is 0.346 e. The van der Waals surface area contributed by atoms with Crippen LogP contribution in [0.5, 0.6) is 0 Å². The van der Waals surface area contributed by atoms with Crippen LogP contribution in [0.3, 0.4) is 0 Å². The van der Waals surface area contributed by atoms with E-state index in [9.17, 15) is 4.79 Å². The van der Waals surface area contributed by atoms with E-state index in [1.54, 1.807) is 0 Å². The predicted molar refractivity (Wildman–Crippen MR) is 96.2 cm³/mol. The first-order valence-electron chi connectivity index (χ1n) is 7.35. The van der Waals surface area contributed by atoms with E-state index < -0.39 is 0 Å². The van der Waals surface area contributed by atoms with Gasteiger partial charge in [0.2, 0.25) is 0 Å². The van der Waals surface area contributed by atoms with Crippen molar-refractivity contribution in [2.24, 2.45) is 0 Å². The number of para-hydroxylation sites is 1. The van der Waals surface area contributed by atoms with Crippen LogP contribution < -0.4 is 16.0 Å². The third-order valence-electron chi connectivity index (χ3n) is 3.68. The number of hydrogen-bond acceptors (Lipinski definition) is 2. The number of amides is 2. The molecule has 2 aromatic carbocycles. The van der Waals surface area contributed by atoms with Crippen molar-refractivity contribution in [3.8, 4) is 0 Å². The molecule has 0 aliphatic carbocycles. The fourth-order valence-corrected chi connectivity index (χ4v) is 3.00. The van der Waals surface area contributed by atoms with E-state index in [0.717, 1.165) is 22.5 Å². The molecular weight excluding hydrogens is 306 g/mol. The number of thiocarbonyl (C=S) groups is 1. The molecule has 1 atom stereocenters. The summed E-state index contributed by atoms with van der Waals surface area (Å²) in [5.74, 6) is 0. The van der Waals surface area contributed by atoms with Crippen LogP contribution in [0.15, 0.2) is 71.9 Å². The summed E-state index contributed by atoms with van der Waals surface area (Å²) >= 11 is 5.59. The molecule has 1 heterocycles. The normalized spacial score (nSPS) is 17.3. The van der Waals surface area contributed by atoms with E-state index in [1.165, 1.54) is 0 Å². The maximum atomic E-state index is 11.9. The Kier molecular flexibility index (Phi) is 4.39. The summed E-state index contributed by atoms with van der Waals surface area (Å²) in [7, 11) is 0. The fourth-order valence-electron chi connectivity index (χ4n) is 2.61. The number of urea groups is 1. The first kappa shape index (κ1) is 15.2. The lowest BCUT2D eigenvalue weighted by Crippen LogP contribution is -2.45. The van der Waals surface area contributed by atoms with E-state index in [0.29, 0.717) is 4.99 Å². The molecule has 4 nitrogen and oxygen atoms in total. The number of nitrogens with one attached hydrogen (secondary N) is 3. The summed E-state index contributed by atoms with van der Waals surface area (Å²) in [6.07, 6.45) is 0. The van der Waals surface area contributed by atoms with Crippen LogP contribution in [0.4, 0.5) is 10.5 Å². The van der Waals surface area contributed by atoms with Crippen LogP contribution >= 0.6 is 12.2 Å². The smallest absolute Gasteiger partial charge is 0.319 e. The second-order valence-corrected chi connectivity index (χ2v) is 5.71. The molecule has 23 heavy (non-hydrogen) atoms. The van der Waals surface area contributed by atoms with Gasteiger partial charge in [-0.05, 0) is 24.6 Å². The van der Waals surface area contributed by atoms with E-state index in [-0.39, 0.29) is 12.1 Å². The zero-order chi connectivity index (χ0) is 16.2. The highest BCUT2D eigenvalue weighted by Crippen LogP contribution is 2.28. The Hall–Kier alpha value is -2.66. The topological polar surface area (TPSA) is 53.2 Å². The van der Waals surface area contributed by atoms with Gasteiger partial charge in [0.15, 0.2) is 0 Å². The van der Waals surface area contributed by atoms with Crippen LogP contribution in [-0.2, 0) is 0 Å². The molecule has 0 radical (unpaired) electrons. The Morgan fingerprint density at radius 3 is 2.30 bits per heavy atom. The van der Waals surface area contributed by atoms with E-state index >= 15 is 0 Å². The number of rotatable bonds is 3. The van der Waals surface area contributed by atoms with Crippen molar-refractivity contribution in [2.75, 3.05) is 5.32 Å². The zero-order valence-electron chi connectivity index (χ0n) is 12.7. The molecule has 3 N–H and O–H groups in total. The number of carbonyl (C=O) groups is 1. The fraction of sp³-hybridized carbons (Fsp3) is 0.111. The molecule has 0 bridgehead atoms. The van der Waals surface area contributed by atoms with Gasteiger partial charge in [-0.2, -0.15) is 0 Å². The van der Waals surface area contributed by atoms with Crippen molar-refractivity contribution in [3.63, 3.8) is 0 Å². The summed E-state index contributed by atoms with van der Waals surface area (Å²) in [5.41, 5.74) is 3.54. The molecular formula is C18H17N3OS. The quantitative estimate of drug-likeness (QED) is 0.754. The van der Waals surface area contributed by atoms with E-state index in [4.69, 9.17) is 12.2 Å². The van der Waals surface area contributed by atoms with Gasteiger partial charge in [-0.25, -0.2) is 4.79 Å². The maximum Gasteiger partial charge on any atom is 0.319 e. The van der Waals surface area contributed by atoms with Crippen molar-refractivity contribution in [3.05, 3.63) is 77.5 Å². The van der Waals surface area contributed by atoms with Gasteiger partial charge in [0.25, 0.3) is 0 Å². The van der Waals surface area contributed by atoms with Crippen molar-refractivity contribution in [1.29, 1.82) is 0 Å². The third-order valence-corrected chi connectivity index (χ3v) is 4.00. The molecule has 0 unspecified atom stereocenters. The monoisotopic (exact) mass is 323 g/mol. The summed E-state index contributed by atoms with van der Waals surface area (Å²) in [4.78, 5) is 12.5. The minimum atomic E-state index is -0.270. The average molecular weight is 323 g/mol. The molecule has 0 fully saturated rings. The number of benzene rings is 2. The summed E-state index contributed by atoms with van der Waals surface area (Å²) in [5, 5.41) is 8.98. The second kappa shape index (κ2) is 6.62. The highest BCUT2D eigenvalue weighted by atomic mass is 32.1. The Balaban J connectivity index is 1.94. The summed E-state index contributed by atoms with van der Waals surface area (Å²) in [6, 6.07) is 19.1. The van der Waals surface area contributed by atoms with Crippen molar-refractivity contribution in [1.82, 2.24) is 10.6 Å². The van der Waals surface area contributed by atoms with E-state index in [1.807, 2.05) is 67.6 Å². The highest BCUT2D eigenvalue weighted by Gasteiger charge is 2.28. The molecule has 116 valence electrons. The third kappa shape index (κ3) is 3.40. The van der Waals surface area contributed by atoms with Crippen LogP contribution in [-0.4, -0.2) is 11.0 Å². The minimum absolute atomic E-state index is 0.220. The van der Waals surface area contributed by atoms with Crippen LogP contribution in [0.2, 0.25) is 0 Å². The van der Waals surface area contributed by atoms with Crippen molar-refractivity contribution < 1.29 is 4.79 Å². The summed E-state index contributed by atoms with van der Waals surface area (Å²) in [6.45, 7) is 1.86. The lowest BCUT2D eigenvalue weighted by Gasteiger charge is -2.30. The number of allylic oxidation sites excluding steroid dienone is 1. The Bertz CT molecular complexity index is 756. The molecule has 5 heteroatoms. The van der Waals surface area contributed by atoms with Gasteiger partial charge >= 0.3 is 6.03 Å². The van der Waals surface area contributed by atoms with Gasteiger partial charge in [-0.1, -0.05) is 60.7 Å². The van der Waals surface area contributed by atoms with Gasteiger partial charge in [-0.15, -0.1) is 0 Å². The molecule has 0 saturated heterocycles. The average Bonchev–Trinajstić information content (AvgIpc) is 2.55. The van der Waals surface area contributed by atoms with Gasteiger partial charge in [-0.3, -0.25) is 0 Å². The molecule has 0 saturated carbocycles. The Labute approximate surface area is 140 Å². The van der Waals surface area contributed by atoms with Crippen LogP contribution in [0, 0.1) is 0 Å². The Morgan fingerprint density at radius 2 is 1.65 bits per heavy atom. The minimum Gasteiger partial charge on any atom is -0.346 e. The molecule has 2 amide bonds. The predicted octanol–water partition coefficient (Wildman–Crippen LogP) is 3.75. The number of hydrogen-bond donors (Lipinski definition) is 3. The van der Waals surface area contributed by atoms with Gasteiger partial charge in [0, 0.05) is 17.0 Å². The SMILES string of the molecule is CC1=C(C(=S)Nc2ccccc2)[C@@H](c2ccccc2)NC(=O)N1. The molecule has 1 aliphatic rings. The Morgan fingerprint density at radius 1 is 1.04 bits per heavy atom. The molecule has 3 rings (SSSR count). The summed E-state index contributed by atoms with van der Waals surface area (Å²) < 4.78 is 0. The van der Waals surface area contributed by atoms with E-state index in [2.05, 4.69) is 16.0 Å². The van der Waals surface area contributed by atoms with Crippen molar-refractivity contribution in [2.45, 2.75) is 13.0 Å². The van der Waals surface area contributed by atoms with Gasteiger partial charge < -0.3 is 16.0 Å². The second-order valence-electron chi connectivity index (χ2n) is 5.30. The van der Waals surface area contributed by atoms with Gasteiger partial charge in [0.1, 0.15) is 4.99 Å². The first-order chi connectivity index (χ1) is 11.1. The molecule has 0 aromatic heterocycles. The zero-order valence-corrected chi connectivity index (χ0v) is 13.5. The number of anilines is 1. The standard InChI is InChI=1S/C18H17N3OS/c1-12-15(17(23)20-14-10-6-3-7-11-14)16(21-18(22)19-12)13-8-4-2-5-9-13/h2-11,16H,1H3,(H,20,23)(H2,19,21,22)/t16-/m1/s1. The van der Waals surface area contributed by atoms with Crippen LogP contribution in [0.1, 0.15) is 18.5 Å². The van der Waals surface area contributed by atoms with Crippen molar-refractivity contribution >= 4 is 28.9 Å². The highest BCUT2D eigenvalue weighted by molar-refractivity contribution is 7.81. The maximum absolute atomic E-state index is 11.9. The van der Waals surface area contributed by atoms with Gasteiger partial charge in [0.05, 0.1) is 6.04 Å². The first-order valence-corrected chi connectivity index (χ1v) is 7.75. The number of carbonyl (C=O) groups excluding carboxylic acids is 1.